The van der Waals surface area contributed by atoms with Crippen LogP contribution in [0.2, 0.25) is 0 Å². The molecule has 108 valence electrons. The smallest absolute Gasteiger partial charge is 0.358 e. The van der Waals surface area contributed by atoms with Crippen LogP contribution in [0.4, 0.5) is 0 Å². The molecule has 1 rings (SSSR count). The Bertz CT molecular complexity index is 365. The number of hydrogen-bond donors (Lipinski definition) is 2. The van der Waals surface area contributed by atoms with E-state index in [1.165, 1.54) is 44.7 Å². The van der Waals surface area contributed by atoms with Gasteiger partial charge in [-0.2, -0.15) is 0 Å². The molecule has 0 atom stereocenters. The summed E-state index contributed by atoms with van der Waals surface area (Å²) in [6.07, 6.45) is 9.21. The summed E-state index contributed by atoms with van der Waals surface area (Å²) in [4.78, 5) is 10.6. The number of nitrogens with zero attached hydrogens (tertiary/aromatic N) is 3. The van der Waals surface area contributed by atoms with E-state index in [1.807, 2.05) is 0 Å². The van der Waals surface area contributed by atoms with E-state index in [0.29, 0.717) is 6.54 Å². The fraction of sp³-hybridized carbons (Fsp3) is 0.769. The molecule has 6 heteroatoms. The van der Waals surface area contributed by atoms with Gasteiger partial charge in [0.15, 0.2) is 5.69 Å². The van der Waals surface area contributed by atoms with E-state index >= 15 is 0 Å². The molecule has 0 saturated carbocycles. The second kappa shape index (κ2) is 9.49. The van der Waals surface area contributed by atoms with E-state index in [4.69, 9.17) is 5.11 Å². The molecule has 0 saturated heterocycles. The normalized spacial score (nSPS) is 10.8. The summed E-state index contributed by atoms with van der Waals surface area (Å²) in [7, 11) is 0. The monoisotopic (exact) mass is 268 g/mol. The second-order valence-electron chi connectivity index (χ2n) is 4.69. The van der Waals surface area contributed by atoms with Crippen molar-refractivity contribution in [2.45, 2.75) is 52.0 Å². The predicted molar refractivity (Wildman–Crippen MR) is 73.2 cm³/mol. The Morgan fingerprint density at radius 2 is 2.00 bits per heavy atom. The third-order valence-electron chi connectivity index (χ3n) is 2.98. The highest BCUT2D eigenvalue weighted by Crippen LogP contribution is 2.03. The summed E-state index contributed by atoms with van der Waals surface area (Å²) in [6, 6.07) is 0. The number of rotatable bonds is 11. The Labute approximate surface area is 114 Å². The van der Waals surface area contributed by atoms with Crippen LogP contribution in [0.5, 0.6) is 0 Å². The lowest BCUT2D eigenvalue weighted by Crippen LogP contribution is -2.21. The summed E-state index contributed by atoms with van der Waals surface area (Å²) in [5.41, 5.74) is -0.00377. The molecule has 1 heterocycles. The van der Waals surface area contributed by atoms with E-state index in [1.54, 1.807) is 4.68 Å². The van der Waals surface area contributed by atoms with Crippen LogP contribution in [0.25, 0.3) is 0 Å². The van der Waals surface area contributed by atoms with Gasteiger partial charge in [-0.25, -0.2) is 4.79 Å². The Kier molecular flexibility index (Phi) is 7.81. The predicted octanol–water partition coefficient (Wildman–Crippen LogP) is 1.93. The minimum absolute atomic E-state index is 0.00377. The Hall–Kier alpha value is -1.43. The van der Waals surface area contributed by atoms with Gasteiger partial charge in [-0.15, -0.1) is 5.10 Å². The van der Waals surface area contributed by atoms with Crippen molar-refractivity contribution in [1.29, 1.82) is 0 Å². The van der Waals surface area contributed by atoms with Gasteiger partial charge in [-0.3, -0.25) is 4.68 Å². The molecular formula is C13H24N4O2. The molecule has 0 amide bonds. The average molecular weight is 268 g/mol. The maximum Gasteiger partial charge on any atom is 0.358 e. The summed E-state index contributed by atoms with van der Waals surface area (Å²) in [6.45, 7) is 4.67. The van der Waals surface area contributed by atoms with Crippen molar-refractivity contribution in [3.05, 3.63) is 11.9 Å². The summed E-state index contributed by atoms with van der Waals surface area (Å²) < 4.78 is 1.55. The second-order valence-corrected chi connectivity index (χ2v) is 4.69. The van der Waals surface area contributed by atoms with Crippen LogP contribution in [0.1, 0.15) is 55.9 Å². The van der Waals surface area contributed by atoms with Crippen LogP contribution in [0.15, 0.2) is 6.20 Å². The molecule has 0 radical (unpaired) electrons. The SMILES string of the molecule is CCCCCCCCNCCn1cc(C(=O)O)nn1. The van der Waals surface area contributed by atoms with Crippen LogP contribution in [0, 0.1) is 0 Å². The number of carboxylic acid groups (broad SMARTS) is 1. The lowest BCUT2D eigenvalue weighted by atomic mass is 10.1. The molecule has 0 bridgehead atoms. The molecule has 0 aliphatic carbocycles. The van der Waals surface area contributed by atoms with E-state index in [2.05, 4.69) is 22.6 Å². The Morgan fingerprint density at radius 1 is 1.26 bits per heavy atom. The number of unbranched alkanes of at least 4 members (excludes halogenated alkanes) is 5. The van der Waals surface area contributed by atoms with Gasteiger partial charge in [0.1, 0.15) is 0 Å². The van der Waals surface area contributed by atoms with Crippen molar-refractivity contribution in [2.24, 2.45) is 0 Å². The molecule has 0 fully saturated rings. The first-order chi connectivity index (χ1) is 9.24. The molecule has 0 aromatic carbocycles. The lowest BCUT2D eigenvalue weighted by Gasteiger charge is -2.04. The summed E-state index contributed by atoms with van der Waals surface area (Å²) in [5, 5.41) is 19.3. The van der Waals surface area contributed by atoms with Gasteiger partial charge in [-0.05, 0) is 13.0 Å². The quantitative estimate of drug-likeness (QED) is 0.599. The van der Waals surface area contributed by atoms with Crippen molar-refractivity contribution in [3.63, 3.8) is 0 Å². The summed E-state index contributed by atoms with van der Waals surface area (Å²) >= 11 is 0. The van der Waals surface area contributed by atoms with Crippen LogP contribution in [0.3, 0.4) is 0 Å². The molecule has 0 aliphatic heterocycles. The fourth-order valence-corrected chi connectivity index (χ4v) is 1.85. The van der Waals surface area contributed by atoms with Crippen molar-refractivity contribution in [1.82, 2.24) is 20.3 Å². The van der Waals surface area contributed by atoms with E-state index in [-0.39, 0.29) is 5.69 Å². The van der Waals surface area contributed by atoms with E-state index in [0.717, 1.165) is 13.1 Å². The van der Waals surface area contributed by atoms with Crippen molar-refractivity contribution >= 4 is 5.97 Å². The standard InChI is InChI=1S/C13H24N4O2/c1-2-3-4-5-6-7-8-14-9-10-17-11-12(13(18)19)15-16-17/h11,14H,2-10H2,1H3,(H,18,19). The molecule has 0 unspecified atom stereocenters. The third-order valence-corrected chi connectivity index (χ3v) is 2.98. The van der Waals surface area contributed by atoms with Gasteiger partial charge in [0, 0.05) is 6.54 Å². The van der Waals surface area contributed by atoms with Crippen LogP contribution >= 0.6 is 0 Å². The highest BCUT2D eigenvalue weighted by molar-refractivity contribution is 5.84. The van der Waals surface area contributed by atoms with Crippen molar-refractivity contribution in [2.75, 3.05) is 13.1 Å². The minimum Gasteiger partial charge on any atom is -0.476 e. The molecule has 1 aromatic rings. The number of aromatic carboxylic acids is 1. The molecule has 19 heavy (non-hydrogen) atoms. The van der Waals surface area contributed by atoms with Crippen molar-refractivity contribution < 1.29 is 9.90 Å². The van der Waals surface area contributed by atoms with Gasteiger partial charge in [0.2, 0.25) is 0 Å². The molecule has 6 nitrogen and oxygen atoms in total. The first-order valence-corrected chi connectivity index (χ1v) is 7.08. The zero-order chi connectivity index (χ0) is 13.9. The first-order valence-electron chi connectivity index (χ1n) is 7.08. The third kappa shape index (κ3) is 6.91. The molecule has 1 aromatic heterocycles. The van der Waals surface area contributed by atoms with Crippen LogP contribution < -0.4 is 5.32 Å². The zero-order valence-corrected chi connectivity index (χ0v) is 11.6. The van der Waals surface area contributed by atoms with Gasteiger partial charge in [0.25, 0.3) is 0 Å². The molecule has 2 N–H and O–H groups in total. The Balaban J connectivity index is 1.97. The lowest BCUT2D eigenvalue weighted by molar-refractivity contribution is 0.0690. The maximum atomic E-state index is 10.6. The van der Waals surface area contributed by atoms with E-state index < -0.39 is 5.97 Å². The number of hydrogen-bond acceptors (Lipinski definition) is 4. The van der Waals surface area contributed by atoms with Crippen molar-refractivity contribution in [3.8, 4) is 0 Å². The number of carbonyl (C=O) groups is 1. The summed E-state index contributed by atoms with van der Waals surface area (Å²) in [5.74, 6) is -1.04. The van der Waals surface area contributed by atoms with Gasteiger partial charge >= 0.3 is 5.97 Å². The molecule has 0 spiro atoms. The fourth-order valence-electron chi connectivity index (χ4n) is 1.85. The highest BCUT2D eigenvalue weighted by atomic mass is 16.4. The van der Waals surface area contributed by atoms with Crippen LogP contribution in [-0.2, 0) is 6.54 Å². The largest absolute Gasteiger partial charge is 0.476 e. The topological polar surface area (TPSA) is 80.0 Å². The van der Waals surface area contributed by atoms with Gasteiger partial charge < -0.3 is 10.4 Å². The van der Waals surface area contributed by atoms with Gasteiger partial charge in [0.05, 0.1) is 12.7 Å². The first kappa shape index (κ1) is 15.6. The van der Waals surface area contributed by atoms with Crippen LogP contribution in [-0.4, -0.2) is 39.2 Å². The number of carboxylic acids is 1. The molecular weight excluding hydrogens is 244 g/mol. The zero-order valence-electron chi connectivity index (χ0n) is 11.6. The molecule has 0 aliphatic rings. The average Bonchev–Trinajstić information content (AvgIpc) is 2.86. The van der Waals surface area contributed by atoms with Gasteiger partial charge in [-0.1, -0.05) is 44.2 Å². The number of aromatic nitrogens is 3. The maximum absolute atomic E-state index is 10.6. The number of nitrogens with one attached hydrogen (secondary N) is 1. The van der Waals surface area contributed by atoms with E-state index in [9.17, 15) is 4.79 Å². The minimum atomic E-state index is -1.04. The Morgan fingerprint density at radius 3 is 2.68 bits per heavy atom. The highest BCUT2D eigenvalue weighted by Gasteiger charge is 2.07.